The first-order chi connectivity index (χ1) is 7.79. The normalized spacial score (nSPS) is 10.6. The lowest BCUT2D eigenvalue weighted by Gasteiger charge is -2.01. The summed E-state index contributed by atoms with van der Waals surface area (Å²) >= 11 is 5.14. The van der Waals surface area contributed by atoms with Gasteiger partial charge in [-0.15, -0.1) is 11.3 Å². The van der Waals surface area contributed by atoms with E-state index in [0.29, 0.717) is 0 Å². The molecule has 0 aliphatic carbocycles. The predicted octanol–water partition coefficient (Wildman–Crippen LogP) is 2.73. The molecule has 0 radical (unpaired) electrons. The second-order valence-corrected chi connectivity index (χ2v) is 5.78. The predicted molar refractivity (Wildman–Crippen MR) is 70.7 cm³/mol. The number of rotatable bonds is 4. The summed E-state index contributed by atoms with van der Waals surface area (Å²) in [5, 5.41) is 3.09. The Morgan fingerprint density at radius 3 is 2.94 bits per heavy atom. The molecule has 0 saturated heterocycles. The van der Waals surface area contributed by atoms with Crippen LogP contribution in [0.3, 0.4) is 0 Å². The van der Waals surface area contributed by atoms with Crippen LogP contribution in [0.15, 0.2) is 28.2 Å². The second-order valence-electron chi connectivity index (χ2n) is 3.32. The Morgan fingerprint density at radius 2 is 2.25 bits per heavy atom. The molecule has 2 rings (SSSR count). The zero-order valence-corrected chi connectivity index (χ0v) is 11.3. The first-order valence-electron chi connectivity index (χ1n) is 5.02. The van der Waals surface area contributed by atoms with Gasteiger partial charge in [0.15, 0.2) is 0 Å². The van der Waals surface area contributed by atoms with Gasteiger partial charge in [0.05, 0.1) is 14.4 Å². The van der Waals surface area contributed by atoms with E-state index in [1.165, 1.54) is 4.88 Å². The molecule has 0 unspecified atom stereocenters. The van der Waals surface area contributed by atoms with Crippen LogP contribution in [0.5, 0.6) is 0 Å². The van der Waals surface area contributed by atoms with Gasteiger partial charge in [-0.3, -0.25) is 0 Å². The van der Waals surface area contributed by atoms with Gasteiger partial charge in [-0.1, -0.05) is 0 Å². The minimum absolute atomic E-state index is 0.858. The van der Waals surface area contributed by atoms with Crippen molar-refractivity contribution in [1.82, 2.24) is 15.3 Å². The summed E-state index contributed by atoms with van der Waals surface area (Å²) in [7, 11) is 1.93. The fourth-order valence-electron chi connectivity index (χ4n) is 1.35. The van der Waals surface area contributed by atoms with E-state index < -0.39 is 0 Å². The number of likely N-dealkylation sites (N-methyl/N-ethyl adjacent to an activating group) is 1. The molecule has 0 saturated carbocycles. The summed E-state index contributed by atoms with van der Waals surface area (Å²) < 4.78 is 1.12. The van der Waals surface area contributed by atoms with Crippen LogP contribution in [0.4, 0.5) is 0 Å². The molecule has 2 aromatic heterocycles. The summed E-state index contributed by atoms with van der Waals surface area (Å²) in [6, 6.07) is 6.05. The van der Waals surface area contributed by atoms with Crippen molar-refractivity contribution < 1.29 is 0 Å². The third-order valence-corrected chi connectivity index (χ3v) is 3.78. The lowest BCUT2D eigenvalue weighted by Crippen LogP contribution is -2.12. The van der Waals surface area contributed by atoms with E-state index in [2.05, 4.69) is 37.3 Å². The molecule has 0 atom stereocenters. The average Bonchev–Trinajstić information content (AvgIpc) is 2.74. The molecule has 3 nitrogen and oxygen atoms in total. The molecule has 5 heteroatoms. The first-order valence-corrected chi connectivity index (χ1v) is 6.63. The molecular weight excluding hydrogens is 286 g/mol. The molecule has 0 bridgehead atoms. The van der Waals surface area contributed by atoms with Gasteiger partial charge in [0.25, 0.3) is 0 Å². The maximum absolute atomic E-state index is 4.53. The third-order valence-electron chi connectivity index (χ3n) is 2.13. The van der Waals surface area contributed by atoms with Crippen molar-refractivity contribution in [1.29, 1.82) is 0 Å². The highest BCUT2D eigenvalue weighted by molar-refractivity contribution is 9.11. The molecule has 0 fully saturated rings. The third kappa shape index (κ3) is 2.87. The van der Waals surface area contributed by atoms with E-state index in [1.54, 1.807) is 11.3 Å². The van der Waals surface area contributed by atoms with E-state index in [9.17, 15) is 0 Å². The van der Waals surface area contributed by atoms with Crippen LogP contribution in [-0.2, 0) is 6.42 Å². The molecule has 1 N–H and O–H groups in total. The minimum Gasteiger partial charge on any atom is -0.319 e. The Hall–Kier alpha value is -0.780. The Balaban J connectivity index is 2.22. The van der Waals surface area contributed by atoms with Crippen molar-refractivity contribution >= 4 is 27.3 Å². The average molecular weight is 298 g/mol. The first kappa shape index (κ1) is 11.7. The van der Waals surface area contributed by atoms with Crippen molar-refractivity contribution in [2.75, 3.05) is 13.6 Å². The van der Waals surface area contributed by atoms with E-state index in [4.69, 9.17) is 0 Å². The molecule has 2 heterocycles. The number of nitrogens with zero attached hydrogens (tertiary/aromatic N) is 2. The number of hydrogen-bond acceptors (Lipinski definition) is 4. The van der Waals surface area contributed by atoms with Crippen LogP contribution >= 0.6 is 27.3 Å². The molecule has 0 spiro atoms. The van der Waals surface area contributed by atoms with E-state index in [-0.39, 0.29) is 0 Å². The second kappa shape index (κ2) is 5.52. The maximum atomic E-state index is 4.53. The van der Waals surface area contributed by atoms with Gasteiger partial charge >= 0.3 is 0 Å². The lowest BCUT2D eigenvalue weighted by molar-refractivity contribution is 0.756. The molecule has 0 aliphatic rings. The van der Waals surface area contributed by atoms with Gasteiger partial charge in [0.2, 0.25) is 0 Å². The van der Waals surface area contributed by atoms with Crippen LogP contribution in [0.2, 0.25) is 0 Å². The van der Waals surface area contributed by atoms with Gasteiger partial charge < -0.3 is 5.32 Å². The summed E-state index contributed by atoms with van der Waals surface area (Å²) in [5.41, 5.74) is 0.997. The zero-order chi connectivity index (χ0) is 11.4. The lowest BCUT2D eigenvalue weighted by atomic mass is 10.3. The molecule has 2 aromatic rings. The van der Waals surface area contributed by atoms with Crippen molar-refractivity contribution in [2.24, 2.45) is 0 Å². The Kier molecular flexibility index (Phi) is 4.04. The van der Waals surface area contributed by atoms with Gasteiger partial charge in [0.1, 0.15) is 5.82 Å². The largest absolute Gasteiger partial charge is 0.319 e. The van der Waals surface area contributed by atoms with Gasteiger partial charge in [0, 0.05) is 19.2 Å². The van der Waals surface area contributed by atoms with Crippen molar-refractivity contribution in [2.45, 2.75) is 6.42 Å². The Labute approximate surface area is 107 Å². The zero-order valence-electron chi connectivity index (χ0n) is 8.90. The smallest absolute Gasteiger partial charge is 0.130 e. The van der Waals surface area contributed by atoms with Gasteiger partial charge in [-0.25, -0.2) is 9.97 Å². The quantitative estimate of drug-likeness (QED) is 0.943. The number of nitrogens with one attached hydrogen (secondary N) is 1. The van der Waals surface area contributed by atoms with Crippen LogP contribution < -0.4 is 5.32 Å². The van der Waals surface area contributed by atoms with Crippen molar-refractivity contribution in [3.8, 4) is 10.6 Å². The highest BCUT2D eigenvalue weighted by Gasteiger charge is 2.04. The number of thiophene rings is 1. The molecule has 16 heavy (non-hydrogen) atoms. The summed E-state index contributed by atoms with van der Waals surface area (Å²) in [5.74, 6) is 0.886. The van der Waals surface area contributed by atoms with E-state index >= 15 is 0 Å². The molecule has 0 aromatic carbocycles. The monoisotopic (exact) mass is 297 g/mol. The van der Waals surface area contributed by atoms with Gasteiger partial charge in [-0.2, -0.15) is 0 Å². The minimum atomic E-state index is 0.858. The Bertz CT molecular complexity index is 470. The van der Waals surface area contributed by atoms with Crippen LogP contribution in [0, 0.1) is 0 Å². The van der Waals surface area contributed by atoms with Gasteiger partial charge in [-0.05, 0) is 41.2 Å². The summed E-state index contributed by atoms with van der Waals surface area (Å²) in [6.45, 7) is 0.900. The summed E-state index contributed by atoms with van der Waals surface area (Å²) in [4.78, 5) is 9.95. The van der Waals surface area contributed by atoms with E-state index in [1.807, 2.05) is 25.4 Å². The molecular formula is C11H12BrN3S. The van der Waals surface area contributed by atoms with Crippen LogP contribution in [0.25, 0.3) is 10.6 Å². The summed E-state index contributed by atoms with van der Waals surface area (Å²) in [6.07, 6.45) is 2.68. The number of hydrogen-bond donors (Lipinski definition) is 1. The fourth-order valence-corrected chi connectivity index (χ4v) is 2.70. The number of aromatic nitrogens is 2. The van der Waals surface area contributed by atoms with Crippen LogP contribution in [0.1, 0.15) is 5.82 Å². The maximum Gasteiger partial charge on any atom is 0.130 e. The molecule has 84 valence electrons. The molecule has 0 amide bonds. The topological polar surface area (TPSA) is 37.8 Å². The SMILES string of the molecule is CNCCc1nccc(-c2ccc(Br)s2)n1. The van der Waals surface area contributed by atoms with Crippen molar-refractivity contribution in [3.05, 3.63) is 34.0 Å². The van der Waals surface area contributed by atoms with E-state index in [0.717, 1.165) is 28.3 Å². The molecule has 0 aliphatic heterocycles. The van der Waals surface area contributed by atoms with Crippen molar-refractivity contribution in [3.63, 3.8) is 0 Å². The van der Waals surface area contributed by atoms with Crippen LogP contribution in [-0.4, -0.2) is 23.6 Å². The standard InChI is InChI=1S/C11H12BrN3S/c1-13-6-5-11-14-7-4-8(15-11)9-2-3-10(12)16-9/h2-4,7,13H,5-6H2,1H3. The fraction of sp³-hybridized carbons (Fsp3) is 0.273. The number of halogens is 1. The Morgan fingerprint density at radius 1 is 1.38 bits per heavy atom. The highest BCUT2D eigenvalue weighted by atomic mass is 79.9. The highest BCUT2D eigenvalue weighted by Crippen LogP contribution is 2.29.